The number of carbonyl (C=O) groups excluding carboxylic acids is 2. The maximum Gasteiger partial charge on any atom is 0.251 e. The Morgan fingerprint density at radius 2 is 1.85 bits per heavy atom. The summed E-state index contributed by atoms with van der Waals surface area (Å²) in [4.78, 5) is 25.1. The van der Waals surface area contributed by atoms with Crippen LogP contribution < -0.4 is 10.6 Å². The molecule has 2 aromatic rings. The largest absolute Gasteiger partial charge is 0.352 e. The molecular weight excluding hydrogens is 344 g/mol. The number of thioether (sulfide) groups is 1. The molecule has 4 nitrogen and oxygen atoms in total. The summed E-state index contributed by atoms with van der Waals surface area (Å²) >= 11 is 1.76. The van der Waals surface area contributed by atoms with E-state index in [0.29, 0.717) is 5.56 Å². The van der Waals surface area contributed by atoms with Gasteiger partial charge >= 0.3 is 0 Å². The van der Waals surface area contributed by atoms with E-state index in [1.807, 2.05) is 32.0 Å². The molecule has 0 aromatic heterocycles. The molecule has 0 atom stereocenters. The number of nitrogens with one attached hydrogen (secondary N) is 2. The van der Waals surface area contributed by atoms with Crippen molar-refractivity contribution in [3.63, 3.8) is 0 Å². The van der Waals surface area contributed by atoms with Crippen LogP contribution in [0.3, 0.4) is 0 Å². The minimum absolute atomic E-state index is 0.0153. The Morgan fingerprint density at radius 3 is 2.54 bits per heavy atom. The minimum atomic E-state index is -0.234. The van der Waals surface area contributed by atoms with Crippen LogP contribution in [0.2, 0.25) is 0 Å². The van der Waals surface area contributed by atoms with Crippen LogP contribution in [0.15, 0.2) is 47.4 Å². The smallest absolute Gasteiger partial charge is 0.251 e. The number of aryl methyl sites for hydroxylation is 2. The number of carbonyl (C=O) groups is 2. The molecule has 0 unspecified atom stereocenters. The van der Waals surface area contributed by atoms with Crippen LogP contribution in [0.1, 0.15) is 40.9 Å². The Labute approximate surface area is 159 Å². The number of hydrogen-bond donors (Lipinski definition) is 2. The summed E-state index contributed by atoms with van der Waals surface area (Å²) in [6.45, 7) is 7.96. The first-order valence-electron chi connectivity index (χ1n) is 8.71. The van der Waals surface area contributed by atoms with E-state index in [0.717, 1.165) is 11.3 Å². The van der Waals surface area contributed by atoms with Crippen molar-refractivity contribution in [3.05, 3.63) is 64.7 Å². The average molecular weight is 371 g/mol. The third kappa shape index (κ3) is 6.23. The van der Waals surface area contributed by atoms with Crippen molar-refractivity contribution >= 4 is 23.6 Å². The van der Waals surface area contributed by atoms with E-state index in [1.165, 1.54) is 16.0 Å². The summed E-state index contributed by atoms with van der Waals surface area (Å²) in [6, 6.07) is 14.0. The zero-order valence-corrected chi connectivity index (χ0v) is 16.6. The summed E-state index contributed by atoms with van der Waals surface area (Å²) < 4.78 is 0. The molecule has 2 amide bonds. The zero-order valence-electron chi connectivity index (χ0n) is 15.8. The van der Waals surface area contributed by atoms with E-state index in [1.54, 1.807) is 17.8 Å². The molecule has 26 heavy (non-hydrogen) atoms. The van der Waals surface area contributed by atoms with Crippen molar-refractivity contribution < 1.29 is 9.59 Å². The maximum atomic E-state index is 12.3. The Morgan fingerprint density at radius 1 is 1.08 bits per heavy atom. The van der Waals surface area contributed by atoms with Gasteiger partial charge < -0.3 is 10.6 Å². The number of hydrogen-bond acceptors (Lipinski definition) is 3. The third-order valence-corrected chi connectivity index (χ3v) is 5.02. The second kappa shape index (κ2) is 9.43. The van der Waals surface area contributed by atoms with E-state index < -0.39 is 0 Å². The van der Waals surface area contributed by atoms with Crippen molar-refractivity contribution in [2.45, 2.75) is 44.4 Å². The molecule has 0 spiro atoms. The molecular formula is C21H26N2O2S. The first kappa shape index (κ1) is 20.0. The van der Waals surface area contributed by atoms with E-state index in [9.17, 15) is 9.59 Å². The number of amides is 2. The molecule has 0 heterocycles. The molecule has 2 rings (SSSR count). The van der Waals surface area contributed by atoms with Crippen LogP contribution in [0.25, 0.3) is 0 Å². The average Bonchev–Trinajstić information content (AvgIpc) is 2.58. The third-order valence-electron chi connectivity index (χ3n) is 3.77. The summed E-state index contributed by atoms with van der Waals surface area (Å²) in [6.07, 6.45) is 0. The predicted octanol–water partition coefficient (Wildman–Crippen LogP) is 3.85. The highest BCUT2D eigenvalue weighted by atomic mass is 32.2. The molecule has 0 saturated heterocycles. The molecule has 0 bridgehead atoms. The van der Waals surface area contributed by atoms with E-state index in [4.69, 9.17) is 0 Å². The molecule has 0 aliphatic heterocycles. The maximum absolute atomic E-state index is 12.3. The van der Waals surface area contributed by atoms with Crippen LogP contribution in [0, 0.1) is 13.8 Å². The van der Waals surface area contributed by atoms with Crippen molar-refractivity contribution in [2.24, 2.45) is 0 Å². The highest BCUT2D eigenvalue weighted by Gasteiger charge is 2.09. The molecule has 5 heteroatoms. The molecule has 2 N–H and O–H groups in total. The summed E-state index contributed by atoms with van der Waals surface area (Å²) in [5, 5.41) is 5.41. The van der Waals surface area contributed by atoms with E-state index >= 15 is 0 Å². The van der Waals surface area contributed by atoms with Gasteiger partial charge in [-0.25, -0.2) is 0 Å². The van der Waals surface area contributed by atoms with Gasteiger partial charge in [-0.3, -0.25) is 9.59 Å². The predicted molar refractivity (Wildman–Crippen MR) is 108 cm³/mol. The van der Waals surface area contributed by atoms with Crippen molar-refractivity contribution in [2.75, 3.05) is 6.54 Å². The van der Waals surface area contributed by atoms with Crippen LogP contribution >= 0.6 is 11.8 Å². The van der Waals surface area contributed by atoms with Crippen molar-refractivity contribution in [1.82, 2.24) is 10.6 Å². The van der Waals surface area contributed by atoms with E-state index in [-0.39, 0.29) is 24.4 Å². The van der Waals surface area contributed by atoms with Crippen molar-refractivity contribution in [3.8, 4) is 0 Å². The number of benzene rings is 2. The number of rotatable bonds is 7. The SMILES string of the molecule is Cc1ccc(SCc2cccc(C(=O)NCC(=O)NC(C)C)c2)c(C)c1. The lowest BCUT2D eigenvalue weighted by molar-refractivity contribution is -0.120. The normalized spacial score (nSPS) is 10.7. The second-order valence-corrected chi connectivity index (χ2v) is 7.68. The fraction of sp³-hybridized carbons (Fsp3) is 0.333. The monoisotopic (exact) mass is 370 g/mol. The molecule has 0 fully saturated rings. The van der Waals surface area contributed by atoms with Crippen molar-refractivity contribution in [1.29, 1.82) is 0 Å². The van der Waals surface area contributed by atoms with Gasteiger partial charge in [0.2, 0.25) is 5.91 Å². The topological polar surface area (TPSA) is 58.2 Å². The first-order chi connectivity index (χ1) is 12.3. The lowest BCUT2D eigenvalue weighted by Gasteiger charge is -2.10. The van der Waals surface area contributed by atoms with Gasteiger partial charge in [-0.05, 0) is 57.0 Å². The summed E-state index contributed by atoms with van der Waals surface area (Å²) in [7, 11) is 0. The Kier molecular flexibility index (Phi) is 7.27. The minimum Gasteiger partial charge on any atom is -0.352 e. The van der Waals surface area contributed by atoms with Gasteiger partial charge in [0, 0.05) is 22.3 Å². The Hall–Kier alpha value is -2.27. The highest BCUT2D eigenvalue weighted by Crippen LogP contribution is 2.26. The molecule has 2 aromatic carbocycles. The van der Waals surface area contributed by atoms with Gasteiger partial charge in [0.05, 0.1) is 6.54 Å². The zero-order chi connectivity index (χ0) is 19.1. The van der Waals surface area contributed by atoms with Gasteiger partial charge in [0.15, 0.2) is 0 Å². The lowest BCUT2D eigenvalue weighted by Crippen LogP contribution is -2.39. The highest BCUT2D eigenvalue weighted by molar-refractivity contribution is 7.98. The fourth-order valence-corrected chi connectivity index (χ4v) is 3.51. The van der Waals surface area contributed by atoms with Gasteiger partial charge in [0.25, 0.3) is 5.91 Å². The summed E-state index contributed by atoms with van der Waals surface area (Å²) in [5.74, 6) is 0.371. The van der Waals surface area contributed by atoms with Crippen LogP contribution in [0.5, 0.6) is 0 Å². The van der Waals surface area contributed by atoms with E-state index in [2.05, 4.69) is 42.7 Å². The van der Waals surface area contributed by atoms with Gasteiger partial charge in [0.1, 0.15) is 0 Å². The Bertz CT molecular complexity index is 787. The molecule has 0 radical (unpaired) electrons. The first-order valence-corrected chi connectivity index (χ1v) is 9.70. The molecule has 0 aliphatic rings. The van der Waals surface area contributed by atoms with Gasteiger partial charge in [-0.1, -0.05) is 29.8 Å². The molecule has 0 aliphatic carbocycles. The quantitative estimate of drug-likeness (QED) is 0.728. The Balaban J connectivity index is 1.94. The standard InChI is InChI=1S/C21H26N2O2S/c1-14(2)23-20(24)12-22-21(25)18-7-5-6-17(11-18)13-26-19-9-8-15(3)10-16(19)4/h5-11,14H,12-13H2,1-4H3,(H,22,25)(H,23,24). The van der Waals surface area contributed by atoms with Crippen LogP contribution in [-0.4, -0.2) is 24.4 Å². The molecule has 0 saturated carbocycles. The molecule has 138 valence electrons. The summed E-state index contributed by atoms with van der Waals surface area (Å²) in [5.41, 5.74) is 4.17. The second-order valence-electron chi connectivity index (χ2n) is 6.66. The van der Waals surface area contributed by atoms with Gasteiger partial charge in [-0.2, -0.15) is 0 Å². The lowest BCUT2D eigenvalue weighted by atomic mass is 10.1. The van der Waals surface area contributed by atoms with Crippen LogP contribution in [-0.2, 0) is 10.5 Å². The fourth-order valence-electron chi connectivity index (χ4n) is 2.56. The van der Waals surface area contributed by atoms with Gasteiger partial charge in [-0.15, -0.1) is 11.8 Å². The van der Waals surface area contributed by atoms with Crippen LogP contribution in [0.4, 0.5) is 0 Å².